The van der Waals surface area contributed by atoms with Crippen LogP contribution in [0.5, 0.6) is 0 Å². The summed E-state index contributed by atoms with van der Waals surface area (Å²) in [5, 5.41) is -0.848. The highest BCUT2D eigenvalue weighted by Gasteiger charge is 2.47. The largest absolute Gasteiger partial charge is 0.428 e. The van der Waals surface area contributed by atoms with Crippen LogP contribution in [-0.2, 0) is 22.6 Å². The molecular formula is C21H12Cl2F9OSi2. The molecule has 1 radical (unpaired) electrons. The Morgan fingerprint density at radius 2 is 0.829 bits per heavy atom. The van der Waals surface area contributed by atoms with Gasteiger partial charge in [0.05, 0.1) is 16.7 Å². The highest BCUT2D eigenvalue weighted by Crippen LogP contribution is 2.32. The van der Waals surface area contributed by atoms with E-state index in [0.29, 0.717) is 36.4 Å². The van der Waals surface area contributed by atoms with Gasteiger partial charge in [0, 0.05) is 0 Å². The molecule has 3 aromatic carbocycles. The van der Waals surface area contributed by atoms with Crippen molar-refractivity contribution in [1.82, 2.24) is 0 Å². The Morgan fingerprint density at radius 3 is 1.06 bits per heavy atom. The first-order valence-corrected chi connectivity index (χ1v) is 14.8. The molecule has 14 heteroatoms. The Labute approximate surface area is 205 Å². The quantitative estimate of drug-likeness (QED) is 0.152. The summed E-state index contributed by atoms with van der Waals surface area (Å²) < 4.78 is 127. The zero-order chi connectivity index (χ0) is 26.2. The van der Waals surface area contributed by atoms with E-state index in [0.717, 1.165) is 36.4 Å². The van der Waals surface area contributed by atoms with E-state index < -0.39 is 51.2 Å². The topological polar surface area (TPSA) is 9.23 Å². The van der Waals surface area contributed by atoms with Gasteiger partial charge in [0.1, 0.15) is 0 Å². The van der Waals surface area contributed by atoms with E-state index in [4.69, 9.17) is 26.3 Å². The van der Waals surface area contributed by atoms with E-state index in [1.165, 1.54) is 0 Å². The van der Waals surface area contributed by atoms with Crippen LogP contribution in [0.4, 0.5) is 39.5 Å². The first-order chi connectivity index (χ1) is 16.0. The van der Waals surface area contributed by atoms with Crippen LogP contribution >= 0.6 is 22.2 Å². The summed E-state index contributed by atoms with van der Waals surface area (Å²) in [7, 11) is -7.45. The summed E-state index contributed by atoms with van der Waals surface area (Å²) >= 11 is 11.8. The molecule has 0 aliphatic carbocycles. The Bertz CT molecular complexity index is 1050. The molecule has 0 spiro atoms. The molecule has 0 unspecified atom stereocenters. The maximum Gasteiger partial charge on any atom is 0.428 e. The van der Waals surface area contributed by atoms with E-state index in [-0.39, 0.29) is 15.6 Å². The third-order valence-corrected chi connectivity index (χ3v) is 11.6. The molecule has 0 fully saturated rings. The fraction of sp³-hybridized carbons (Fsp3) is 0.143. The molecule has 0 amide bonds. The minimum Gasteiger partial charge on any atom is -0.422 e. The van der Waals surface area contributed by atoms with Crippen molar-refractivity contribution < 1.29 is 43.6 Å². The van der Waals surface area contributed by atoms with Gasteiger partial charge in [-0.05, 0) is 33.8 Å². The van der Waals surface area contributed by atoms with Gasteiger partial charge in [-0.15, -0.1) is 22.2 Å². The number of halogens is 11. The Morgan fingerprint density at radius 1 is 0.543 bits per heavy atom. The van der Waals surface area contributed by atoms with Crippen LogP contribution < -0.4 is 15.6 Å². The van der Waals surface area contributed by atoms with Gasteiger partial charge in [-0.3, -0.25) is 0 Å². The lowest BCUT2D eigenvalue weighted by Gasteiger charge is -2.34. The molecule has 0 aromatic heterocycles. The van der Waals surface area contributed by atoms with Crippen molar-refractivity contribution in [3.63, 3.8) is 0 Å². The molecule has 0 atom stereocenters. The smallest absolute Gasteiger partial charge is 0.422 e. The second-order valence-electron chi connectivity index (χ2n) is 7.24. The highest BCUT2D eigenvalue weighted by atomic mass is 35.7. The second-order valence-corrected chi connectivity index (χ2v) is 14.2. The Kier molecular flexibility index (Phi) is 7.73. The normalized spacial score (nSPS) is 13.4. The van der Waals surface area contributed by atoms with Gasteiger partial charge in [-0.25, -0.2) is 0 Å². The van der Waals surface area contributed by atoms with Gasteiger partial charge in [-0.2, -0.15) is 39.5 Å². The minimum absolute atomic E-state index is 0.283. The van der Waals surface area contributed by atoms with Crippen molar-refractivity contribution in [3.05, 3.63) is 89.5 Å². The predicted octanol–water partition coefficient (Wildman–Crippen LogP) is 6.19. The molecule has 0 N–H and O–H groups in total. The molecule has 0 aliphatic rings. The van der Waals surface area contributed by atoms with Crippen LogP contribution in [0.15, 0.2) is 72.8 Å². The molecule has 187 valence electrons. The summed E-state index contributed by atoms with van der Waals surface area (Å²) in [6.45, 7) is 0. The lowest BCUT2D eigenvalue weighted by Crippen LogP contribution is -2.70. The average molecular weight is 578 g/mol. The van der Waals surface area contributed by atoms with Gasteiger partial charge >= 0.3 is 26.2 Å². The van der Waals surface area contributed by atoms with E-state index in [1.807, 2.05) is 0 Å². The third-order valence-electron chi connectivity index (χ3n) is 5.02. The molecule has 3 rings (SSSR count). The summed E-state index contributed by atoms with van der Waals surface area (Å²) in [4.78, 5) is 0. The van der Waals surface area contributed by atoms with Crippen LogP contribution in [0.1, 0.15) is 16.7 Å². The first-order valence-electron chi connectivity index (χ1n) is 9.45. The fourth-order valence-electron chi connectivity index (χ4n) is 3.54. The fourth-order valence-corrected chi connectivity index (χ4v) is 11.0. The van der Waals surface area contributed by atoms with Crippen LogP contribution in [0.2, 0.25) is 0 Å². The van der Waals surface area contributed by atoms with Gasteiger partial charge in [0.2, 0.25) is 0 Å². The lowest BCUT2D eigenvalue weighted by atomic mass is 10.2. The van der Waals surface area contributed by atoms with Gasteiger partial charge in [0.15, 0.2) is 0 Å². The molecule has 35 heavy (non-hydrogen) atoms. The van der Waals surface area contributed by atoms with Gasteiger partial charge in [0.25, 0.3) is 8.32 Å². The number of hydrogen-bond donors (Lipinski definition) is 0. The third kappa shape index (κ3) is 6.05. The van der Waals surface area contributed by atoms with Crippen LogP contribution in [-0.4, -0.2) is 16.0 Å². The molecule has 0 bridgehead atoms. The van der Waals surface area contributed by atoms with E-state index in [2.05, 4.69) is 0 Å². The summed E-state index contributed by atoms with van der Waals surface area (Å²) in [6, 6.07) is 10.4. The summed E-state index contributed by atoms with van der Waals surface area (Å²) in [6.07, 6.45) is -14.6. The van der Waals surface area contributed by atoms with Gasteiger partial charge < -0.3 is 4.12 Å². The van der Waals surface area contributed by atoms with Crippen molar-refractivity contribution in [3.8, 4) is 0 Å². The lowest BCUT2D eigenvalue weighted by molar-refractivity contribution is -0.138. The van der Waals surface area contributed by atoms with Crippen molar-refractivity contribution in [2.45, 2.75) is 18.5 Å². The minimum atomic E-state index is -4.85. The van der Waals surface area contributed by atoms with E-state index in [9.17, 15) is 39.5 Å². The zero-order valence-electron chi connectivity index (χ0n) is 17.0. The maximum atomic E-state index is 13.5. The Balaban J connectivity index is 2.46. The molecule has 3 aromatic rings. The van der Waals surface area contributed by atoms with Crippen molar-refractivity contribution >= 4 is 53.7 Å². The van der Waals surface area contributed by atoms with Crippen molar-refractivity contribution in [2.24, 2.45) is 0 Å². The van der Waals surface area contributed by atoms with Crippen LogP contribution in [0, 0.1) is 0 Å². The van der Waals surface area contributed by atoms with E-state index >= 15 is 0 Å². The number of rotatable bonds is 5. The molecule has 0 heterocycles. The number of hydrogen-bond acceptors (Lipinski definition) is 1. The monoisotopic (exact) mass is 577 g/mol. The Hall–Kier alpha value is -2.00. The zero-order valence-corrected chi connectivity index (χ0v) is 20.5. The summed E-state index contributed by atoms with van der Waals surface area (Å²) in [5.41, 5.74) is -3.52. The maximum absolute atomic E-state index is 13.5. The average Bonchev–Trinajstić information content (AvgIpc) is 2.76. The predicted molar refractivity (Wildman–Crippen MR) is 118 cm³/mol. The van der Waals surface area contributed by atoms with Gasteiger partial charge in [-0.1, -0.05) is 54.6 Å². The van der Waals surface area contributed by atoms with Crippen molar-refractivity contribution in [2.75, 3.05) is 0 Å². The molecule has 0 aliphatic heterocycles. The van der Waals surface area contributed by atoms with Crippen LogP contribution in [0.25, 0.3) is 0 Å². The molecule has 0 saturated heterocycles. The SMILES string of the molecule is FC(F)(F)c1cccc([Si](O[Si](Cl)Cl)(c2cccc(C(F)(F)F)c2)c2cccc(C(F)(F)F)c2)c1. The molecule has 1 nitrogen and oxygen atoms in total. The van der Waals surface area contributed by atoms with E-state index in [1.54, 1.807) is 0 Å². The molecular weight excluding hydrogens is 566 g/mol. The molecule has 0 saturated carbocycles. The summed E-state index contributed by atoms with van der Waals surface area (Å²) in [5.74, 6) is 0. The van der Waals surface area contributed by atoms with Crippen LogP contribution in [0.3, 0.4) is 0 Å². The highest BCUT2D eigenvalue weighted by molar-refractivity contribution is 7.33. The van der Waals surface area contributed by atoms with Crippen molar-refractivity contribution in [1.29, 1.82) is 0 Å². The number of alkyl halides is 9. The number of benzene rings is 3. The second kappa shape index (κ2) is 9.81. The first kappa shape index (κ1) is 27.6. The standard InChI is InChI=1S/C21H12Cl2F9OSi2/c22-34(23)33-35(16-7-1-4-13(10-16)19(24,25)26,17-8-2-5-14(11-17)20(27,28)29)18-9-3-6-15(12-18)21(30,31)32/h1-12H.